The quantitative estimate of drug-likeness (QED) is 0.494. The van der Waals surface area contributed by atoms with Gasteiger partial charge >= 0.3 is 0 Å². The fourth-order valence-electron chi connectivity index (χ4n) is 1.35. The molecule has 1 heterocycles. The molecule has 0 fully saturated rings. The summed E-state index contributed by atoms with van der Waals surface area (Å²) in [4.78, 5) is 5.13. The van der Waals surface area contributed by atoms with Gasteiger partial charge in [-0.2, -0.15) is 0 Å². The maximum Gasteiger partial charge on any atom is 0.0410 e. The van der Waals surface area contributed by atoms with Crippen molar-refractivity contribution in [1.29, 1.82) is 0 Å². The Kier molecular flexibility index (Phi) is 1.88. The lowest BCUT2D eigenvalue weighted by molar-refractivity contribution is 1.22. The Labute approximate surface area is 82.2 Å². The topological polar surface area (TPSA) is 38.9 Å². The third-order valence-corrected chi connectivity index (χ3v) is 2.44. The van der Waals surface area contributed by atoms with E-state index in [4.69, 9.17) is 5.73 Å². The van der Waals surface area contributed by atoms with Crippen molar-refractivity contribution in [3.63, 3.8) is 0 Å². The van der Waals surface area contributed by atoms with Gasteiger partial charge in [0.15, 0.2) is 0 Å². The lowest BCUT2D eigenvalue weighted by atomic mass is 10.1. The van der Waals surface area contributed by atoms with Gasteiger partial charge in [-0.25, -0.2) is 0 Å². The molecule has 0 aliphatic carbocycles. The molecule has 0 bridgehead atoms. The summed E-state index contributed by atoms with van der Waals surface area (Å²) in [6.45, 7) is 1.95. The molecule has 0 radical (unpaired) electrons. The molecular weight excluding hydrogens is 180 g/mol. The summed E-state index contributed by atoms with van der Waals surface area (Å²) < 4.78 is 0. The van der Waals surface area contributed by atoms with Crippen LogP contribution in [0.1, 0.15) is 5.69 Å². The van der Waals surface area contributed by atoms with E-state index < -0.39 is 0 Å². The summed E-state index contributed by atoms with van der Waals surface area (Å²) >= 11 is 4.36. The lowest BCUT2D eigenvalue weighted by Crippen LogP contribution is -1.89. The molecule has 13 heavy (non-hydrogen) atoms. The van der Waals surface area contributed by atoms with Crippen LogP contribution in [0.15, 0.2) is 29.3 Å². The number of thiol groups is 1. The molecule has 3 heteroatoms. The van der Waals surface area contributed by atoms with Crippen molar-refractivity contribution in [2.45, 2.75) is 11.8 Å². The zero-order valence-electron chi connectivity index (χ0n) is 7.28. The smallest absolute Gasteiger partial charge is 0.0410 e. The van der Waals surface area contributed by atoms with Crippen LogP contribution in [0.5, 0.6) is 0 Å². The minimum atomic E-state index is 0.750. The van der Waals surface area contributed by atoms with Crippen molar-refractivity contribution in [3.8, 4) is 0 Å². The maximum absolute atomic E-state index is 5.80. The van der Waals surface area contributed by atoms with E-state index in [-0.39, 0.29) is 0 Å². The number of benzene rings is 1. The first-order valence-electron chi connectivity index (χ1n) is 4.02. The second kappa shape index (κ2) is 2.92. The van der Waals surface area contributed by atoms with Gasteiger partial charge in [-0.05, 0) is 25.1 Å². The van der Waals surface area contributed by atoms with E-state index in [1.165, 1.54) is 0 Å². The Bertz CT molecular complexity index is 466. The number of fused-ring (bicyclic) bond motifs is 1. The Morgan fingerprint density at radius 3 is 2.85 bits per heavy atom. The molecule has 1 aromatic heterocycles. The van der Waals surface area contributed by atoms with E-state index in [0.717, 1.165) is 27.0 Å². The maximum atomic E-state index is 5.80. The molecule has 2 aromatic rings. The molecule has 66 valence electrons. The molecule has 0 spiro atoms. The van der Waals surface area contributed by atoms with E-state index in [2.05, 4.69) is 17.6 Å². The molecule has 0 amide bonds. The highest BCUT2D eigenvalue weighted by atomic mass is 32.1. The van der Waals surface area contributed by atoms with Crippen LogP contribution >= 0.6 is 12.6 Å². The molecule has 2 nitrogen and oxygen atoms in total. The lowest BCUT2D eigenvalue weighted by Gasteiger charge is -2.04. The first kappa shape index (κ1) is 8.38. The molecular formula is C10H10N2S. The van der Waals surface area contributed by atoms with Crippen LogP contribution in [0.4, 0.5) is 5.69 Å². The minimum Gasteiger partial charge on any atom is -0.398 e. The van der Waals surface area contributed by atoms with Gasteiger partial charge < -0.3 is 5.73 Å². The van der Waals surface area contributed by atoms with Gasteiger partial charge in [0.1, 0.15) is 0 Å². The van der Waals surface area contributed by atoms with Gasteiger partial charge in [0.05, 0.1) is 0 Å². The highest BCUT2D eigenvalue weighted by Crippen LogP contribution is 2.26. The predicted octanol–water partition coefficient (Wildman–Crippen LogP) is 2.41. The number of rotatable bonds is 0. The Hall–Kier alpha value is -1.22. The summed E-state index contributed by atoms with van der Waals surface area (Å²) in [5.74, 6) is 0. The van der Waals surface area contributed by atoms with Crippen molar-refractivity contribution in [2.75, 3.05) is 5.73 Å². The fourth-order valence-corrected chi connectivity index (χ4v) is 1.61. The molecule has 0 aliphatic heterocycles. The van der Waals surface area contributed by atoms with Crippen molar-refractivity contribution in [3.05, 3.63) is 30.1 Å². The van der Waals surface area contributed by atoms with Crippen LogP contribution in [0.2, 0.25) is 0 Å². The van der Waals surface area contributed by atoms with Gasteiger partial charge in [-0.15, -0.1) is 12.6 Å². The minimum absolute atomic E-state index is 0.750. The number of nitrogens with two attached hydrogens (primary N) is 1. The number of aromatic nitrogens is 1. The van der Waals surface area contributed by atoms with Crippen molar-refractivity contribution >= 4 is 29.1 Å². The van der Waals surface area contributed by atoms with E-state index >= 15 is 0 Å². The summed E-state index contributed by atoms with van der Waals surface area (Å²) in [6.07, 6.45) is 1.79. The fraction of sp³-hybridized carbons (Fsp3) is 0.100. The number of pyridine rings is 1. The van der Waals surface area contributed by atoms with Gasteiger partial charge in [-0.1, -0.05) is 0 Å². The molecule has 0 aliphatic rings. The van der Waals surface area contributed by atoms with Crippen molar-refractivity contribution in [1.82, 2.24) is 4.98 Å². The molecule has 2 N–H and O–H groups in total. The van der Waals surface area contributed by atoms with Crippen molar-refractivity contribution < 1.29 is 0 Å². The van der Waals surface area contributed by atoms with E-state index in [0.29, 0.717) is 0 Å². The standard InChI is InChI=1S/C10H10N2S/c1-6-4-7-8(5-12-6)9(11)2-3-10(7)13/h2-5,13H,11H2,1H3. The van der Waals surface area contributed by atoms with Gasteiger partial charge in [0.2, 0.25) is 0 Å². The zero-order chi connectivity index (χ0) is 9.42. The summed E-state index contributed by atoms with van der Waals surface area (Å²) in [5.41, 5.74) is 7.53. The van der Waals surface area contributed by atoms with Gasteiger partial charge in [-0.3, -0.25) is 4.98 Å². The van der Waals surface area contributed by atoms with E-state index in [1.54, 1.807) is 6.20 Å². The molecule has 1 aromatic carbocycles. The third-order valence-electron chi connectivity index (χ3n) is 2.05. The summed E-state index contributed by atoms with van der Waals surface area (Å²) in [5, 5.41) is 2.04. The average molecular weight is 190 g/mol. The van der Waals surface area contributed by atoms with E-state index in [9.17, 15) is 0 Å². The van der Waals surface area contributed by atoms with Crippen molar-refractivity contribution in [2.24, 2.45) is 0 Å². The Morgan fingerprint density at radius 1 is 1.31 bits per heavy atom. The second-order valence-corrected chi connectivity index (χ2v) is 3.53. The number of aryl methyl sites for hydroxylation is 1. The Balaban J connectivity index is 2.92. The second-order valence-electron chi connectivity index (χ2n) is 3.05. The van der Waals surface area contributed by atoms with Crippen LogP contribution in [-0.4, -0.2) is 4.98 Å². The highest BCUT2D eigenvalue weighted by molar-refractivity contribution is 7.80. The number of hydrogen-bond acceptors (Lipinski definition) is 3. The average Bonchev–Trinajstić information content (AvgIpc) is 2.12. The van der Waals surface area contributed by atoms with Gasteiger partial charge in [0.25, 0.3) is 0 Å². The van der Waals surface area contributed by atoms with Crippen LogP contribution in [0.25, 0.3) is 10.8 Å². The highest BCUT2D eigenvalue weighted by Gasteiger charge is 2.01. The first-order valence-corrected chi connectivity index (χ1v) is 4.47. The molecule has 0 unspecified atom stereocenters. The molecule has 2 rings (SSSR count). The van der Waals surface area contributed by atoms with Crippen LogP contribution in [0.3, 0.4) is 0 Å². The number of hydrogen-bond donors (Lipinski definition) is 2. The van der Waals surface area contributed by atoms with Crippen LogP contribution in [0, 0.1) is 6.92 Å². The van der Waals surface area contributed by atoms with Crippen LogP contribution < -0.4 is 5.73 Å². The normalized spacial score (nSPS) is 10.6. The number of anilines is 1. The molecule has 0 saturated carbocycles. The monoisotopic (exact) mass is 190 g/mol. The first-order chi connectivity index (χ1) is 6.18. The third kappa shape index (κ3) is 1.35. The molecule has 0 atom stereocenters. The number of nitrogens with zero attached hydrogens (tertiary/aromatic N) is 1. The van der Waals surface area contributed by atoms with E-state index in [1.807, 2.05) is 25.1 Å². The van der Waals surface area contributed by atoms with Crippen LogP contribution in [-0.2, 0) is 0 Å². The predicted molar refractivity (Wildman–Crippen MR) is 58.1 cm³/mol. The largest absolute Gasteiger partial charge is 0.398 e. The zero-order valence-corrected chi connectivity index (χ0v) is 8.18. The Morgan fingerprint density at radius 2 is 2.08 bits per heavy atom. The summed E-state index contributed by atoms with van der Waals surface area (Å²) in [6, 6.07) is 5.75. The van der Waals surface area contributed by atoms with Gasteiger partial charge in [0, 0.05) is 33.2 Å². The number of nitrogen functional groups attached to an aromatic ring is 1. The summed E-state index contributed by atoms with van der Waals surface area (Å²) in [7, 11) is 0. The molecule has 0 saturated heterocycles. The SMILES string of the molecule is Cc1cc2c(S)ccc(N)c2cn1.